The lowest BCUT2D eigenvalue weighted by Gasteiger charge is -2.20. The zero-order valence-electron chi connectivity index (χ0n) is 16.7. The summed E-state index contributed by atoms with van der Waals surface area (Å²) in [4.78, 5) is 25.7. The number of amides is 2. The van der Waals surface area contributed by atoms with Crippen molar-refractivity contribution < 1.29 is 9.59 Å². The summed E-state index contributed by atoms with van der Waals surface area (Å²) in [6, 6.07) is 8.10. The molecule has 4 nitrogen and oxygen atoms in total. The zero-order chi connectivity index (χ0) is 19.7. The van der Waals surface area contributed by atoms with Gasteiger partial charge in [0.1, 0.15) is 0 Å². The van der Waals surface area contributed by atoms with E-state index < -0.39 is 0 Å². The van der Waals surface area contributed by atoms with Crippen molar-refractivity contribution in [3.8, 4) is 0 Å². The second-order valence-corrected chi connectivity index (χ2v) is 9.01. The van der Waals surface area contributed by atoms with Crippen molar-refractivity contribution >= 4 is 33.8 Å². The summed E-state index contributed by atoms with van der Waals surface area (Å²) in [5, 5.41) is 6.85. The maximum Gasteiger partial charge on any atom is 0.266 e. The molecule has 1 saturated carbocycles. The summed E-state index contributed by atoms with van der Waals surface area (Å²) in [6.45, 7) is 10.5. The minimum Gasteiger partial charge on any atom is -0.321 e. The van der Waals surface area contributed by atoms with Crippen LogP contribution >= 0.6 is 11.3 Å². The number of para-hydroxylation sites is 1. The second kappa shape index (κ2) is 7.85. The summed E-state index contributed by atoms with van der Waals surface area (Å²) in [7, 11) is 0. The molecular weight excluding hydrogens is 356 g/mol. The molecule has 1 aliphatic carbocycles. The van der Waals surface area contributed by atoms with Crippen LogP contribution in [0, 0.1) is 12.8 Å². The van der Waals surface area contributed by atoms with E-state index in [0.29, 0.717) is 16.7 Å². The van der Waals surface area contributed by atoms with Crippen molar-refractivity contribution in [2.45, 2.75) is 59.3 Å². The summed E-state index contributed by atoms with van der Waals surface area (Å²) in [6.07, 6.45) is 1.93. The van der Waals surface area contributed by atoms with Gasteiger partial charge in [-0.1, -0.05) is 45.9 Å². The van der Waals surface area contributed by atoms with E-state index in [4.69, 9.17) is 0 Å². The number of rotatable bonds is 6. The van der Waals surface area contributed by atoms with E-state index in [9.17, 15) is 9.59 Å². The van der Waals surface area contributed by atoms with Gasteiger partial charge in [0.15, 0.2) is 0 Å². The summed E-state index contributed by atoms with van der Waals surface area (Å²) < 4.78 is 0. The Morgan fingerprint density at radius 2 is 1.63 bits per heavy atom. The Labute approximate surface area is 165 Å². The number of carbonyl (C=O) groups excluding carboxylic acids is 2. The lowest BCUT2D eigenvalue weighted by molar-refractivity contribution is -0.117. The minimum atomic E-state index is -0.112. The first-order chi connectivity index (χ1) is 12.8. The highest BCUT2D eigenvalue weighted by atomic mass is 32.1. The molecule has 1 aromatic heterocycles. The van der Waals surface area contributed by atoms with Crippen molar-refractivity contribution in [2.75, 3.05) is 10.6 Å². The Balaban J connectivity index is 1.85. The Hall–Kier alpha value is -2.14. The number of hydrogen-bond acceptors (Lipinski definition) is 3. The molecule has 0 aliphatic heterocycles. The van der Waals surface area contributed by atoms with E-state index in [-0.39, 0.29) is 17.7 Å². The molecule has 0 atom stereocenters. The highest BCUT2D eigenvalue weighted by Gasteiger charge is 2.30. The molecule has 1 fully saturated rings. The predicted octanol–water partition coefficient (Wildman–Crippen LogP) is 5.90. The molecule has 5 heteroatoms. The fraction of sp³-hybridized carbons (Fsp3) is 0.455. The molecule has 1 heterocycles. The second-order valence-electron chi connectivity index (χ2n) is 7.96. The number of carbonyl (C=O) groups is 2. The van der Waals surface area contributed by atoms with Gasteiger partial charge in [-0.25, -0.2) is 0 Å². The molecule has 2 aromatic rings. The highest BCUT2D eigenvalue weighted by molar-refractivity contribution is 7.18. The lowest BCUT2D eigenvalue weighted by Crippen LogP contribution is -2.15. The van der Waals surface area contributed by atoms with E-state index >= 15 is 0 Å². The maximum absolute atomic E-state index is 13.0. The fourth-order valence-corrected chi connectivity index (χ4v) is 4.17. The molecule has 0 saturated heterocycles. The van der Waals surface area contributed by atoms with Gasteiger partial charge in [0, 0.05) is 11.6 Å². The van der Waals surface area contributed by atoms with Crippen molar-refractivity contribution in [1.29, 1.82) is 0 Å². The van der Waals surface area contributed by atoms with Gasteiger partial charge in [0.25, 0.3) is 5.91 Å². The molecule has 1 aliphatic rings. The quantitative estimate of drug-likeness (QED) is 0.651. The first-order valence-electron chi connectivity index (χ1n) is 9.63. The third-order valence-corrected chi connectivity index (χ3v) is 6.08. The van der Waals surface area contributed by atoms with Crippen LogP contribution in [0.1, 0.15) is 78.7 Å². The molecule has 0 bridgehead atoms. The fourth-order valence-electron chi connectivity index (χ4n) is 3.20. The standard InChI is InChI=1S/C22H28N2O2S/c1-12(2)16-7-6-8-17(13(3)4)19(16)24-22(26)20-14(5)11-18(27-20)23-21(25)15-9-10-15/h6-8,11-13,15H,9-10H2,1-5H3,(H,23,25)(H,24,26). The van der Waals surface area contributed by atoms with Crippen molar-refractivity contribution in [3.63, 3.8) is 0 Å². The van der Waals surface area contributed by atoms with Gasteiger partial charge in [-0.05, 0) is 54.4 Å². The van der Waals surface area contributed by atoms with Crippen molar-refractivity contribution in [3.05, 3.63) is 45.8 Å². The summed E-state index contributed by atoms with van der Waals surface area (Å²) in [5.74, 6) is 0.736. The highest BCUT2D eigenvalue weighted by Crippen LogP contribution is 2.35. The molecule has 0 spiro atoms. The van der Waals surface area contributed by atoms with E-state index in [1.807, 2.05) is 13.0 Å². The number of aryl methyl sites for hydroxylation is 1. The van der Waals surface area contributed by atoms with Gasteiger partial charge in [-0.15, -0.1) is 11.3 Å². The number of nitrogens with one attached hydrogen (secondary N) is 2. The van der Waals surface area contributed by atoms with Crippen LogP contribution in [-0.4, -0.2) is 11.8 Å². The number of anilines is 2. The van der Waals surface area contributed by atoms with Gasteiger partial charge < -0.3 is 10.6 Å². The predicted molar refractivity (Wildman–Crippen MR) is 113 cm³/mol. The van der Waals surface area contributed by atoms with Gasteiger partial charge in [-0.2, -0.15) is 0 Å². The molecule has 0 unspecified atom stereocenters. The molecule has 144 valence electrons. The van der Waals surface area contributed by atoms with Crippen LogP contribution in [0.5, 0.6) is 0 Å². The van der Waals surface area contributed by atoms with Gasteiger partial charge in [0.05, 0.1) is 9.88 Å². The van der Waals surface area contributed by atoms with E-state index in [1.165, 1.54) is 11.3 Å². The molecule has 27 heavy (non-hydrogen) atoms. The van der Waals surface area contributed by atoms with Crippen molar-refractivity contribution in [1.82, 2.24) is 0 Å². The SMILES string of the molecule is Cc1cc(NC(=O)C2CC2)sc1C(=O)Nc1c(C(C)C)cccc1C(C)C. The van der Waals surface area contributed by atoms with E-state index in [0.717, 1.165) is 40.2 Å². The number of benzene rings is 1. The Morgan fingerprint density at radius 3 is 2.15 bits per heavy atom. The van der Waals surface area contributed by atoms with Crippen LogP contribution in [0.4, 0.5) is 10.7 Å². The first-order valence-corrected chi connectivity index (χ1v) is 10.4. The average Bonchev–Trinajstić information content (AvgIpc) is 3.38. The van der Waals surface area contributed by atoms with Crippen LogP contribution in [-0.2, 0) is 4.79 Å². The van der Waals surface area contributed by atoms with Crippen molar-refractivity contribution in [2.24, 2.45) is 5.92 Å². The Kier molecular flexibility index (Phi) is 5.70. The van der Waals surface area contributed by atoms with Gasteiger partial charge >= 0.3 is 0 Å². The molecule has 0 radical (unpaired) electrons. The molecular formula is C22H28N2O2S. The van der Waals surface area contributed by atoms with Gasteiger partial charge in [0.2, 0.25) is 5.91 Å². The van der Waals surface area contributed by atoms with Crippen LogP contribution in [0.3, 0.4) is 0 Å². The monoisotopic (exact) mass is 384 g/mol. The van der Waals surface area contributed by atoms with E-state index in [1.54, 1.807) is 0 Å². The lowest BCUT2D eigenvalue weighted by atomic mass is 9.92. The Morgan fingerprint density at radius 1 is 1.04 bits per heavy atom. The third-order valence-electron chi connectivity index (χ3n) is 4.93. The smallest absolute Gasteiger partial charge is 0.266 e. The van der Waals surface area contributed by atoms with Crippen LogP contribution in [0.15, 0.2) is 24.3 Å². The summed E-state index contributed by atoms with van der Waals surface area (Å²) >= 11 is 1.34. The molecule has 2 N–H and O–H groups in total. The largest absolute Gasteiger partial charge is 0.321 e. The minimum absolute atomic E-state index is 0.0652. The maximum atomic E-state index is 13.0. The van der Waals surface area contributed by atoms with Crippen LogP contribution < -0.4 is 10.6 Å². The van der Waals surface area contributed by atoms with E-state index in [2.05, 4.69) is 56.5 Å². The van der Waals surface area contributed by atoms with Crippen LogP contribution in [0.25, 0.3) is 0 Å². The molecule has 1 aromatic carbocycles. The zero-order valence-corrected chi connectivity index (χ0v) is 17.5. The normalized spacial score (nSPS) is 13.9. The molecule has 3 rings (SSSR count). The first kappa shape index (κ1) is 19.6. The van der Waals surface area contributed by atoms with Gasteiger partial charge in [-0.3, -0.25) is 9.59 Å². The molecule has 2 amide bonds. The third kappa shape index (κ3) is 4.41. The topological polar surface area (TPSA) is 58.2 Å². The van der Waals surface area contributed by atoms with Crippen LogP contribution in [0.2, 0.25) is 0 Å². The number of hydrogen-bond donors (Lipinski definition) is 2. The average molecular weight is 385 g/mol. The Bertz CT molecular complexity index is 837. The number of thiophene rings is 1. The summed E-state index contributed by atoms with van der Waals surface area (Å²) in [5.41, 5.74) is 4.10.